The zero-order valence-corrected chi connectivity index (χ0v) is 15.2. The van der Waals surface area contributed by atoms with E-state index >= 15 is 0 Å². The fourth-order valence-electron chi connectivity index (χ4n) is 2.10. The van der Waals surface area contributed by atoms with Gasteiger partial charge in [-0.25, -0.2) is 0 Å². The summed E-state index contributed by atoms with van der Waals surface area (Å²) in [4.78, 5) is 24.2. The van der Waals surface area contributed by atoms with Crippen LogP contribution in [0.4, 0.5) is 5.69 Å². The number of hydrogen-bond acceptors (Lipinski definition) is 4. The molecular weight excluding hydrogens is 365 g/mol. The van der Waals surface area contributed by atoms with Gasteiger partial charge in [0, 0.05) is 10.0 Å². The minimum absolute atomic E-state index is 0.0161. The number of rotatable bonds is 6. The molecule has 0 spiro atoms. The molecule has 0 aliphatic rings. The summed E-state index contributed by atoms with van der Waals surface area (Å²) in [5, 5.41) is 3.55. The van der Waals surface area contributed by atoms with Gasteiger partial charge in [0.1, 0.15) is 5.75 Å². The third-order valence-corrected chi connectivity index (χ3v) is 3.99. The van der Waals surface area contributed by atoms with E-state index in [0.717, 1.165) is 0 Å². The fraction of sp³-hybridized carbons (Fsp3) is 0.222. The molecule has 2 aromatic carbocycles. The lowest BCUT2D eigenvalue weighted by Crippen LogP contribution is -2.30. The van der Waals surface area contributed by atoms with E-state index in [9.17, 15) is 9.59 Å². The van der Waals surface area contributed by atoms with Crippen LogP contribution in [-0.2, 0) is 20.7 Å². The molecule has 0 aliphatic heterocycles. The van der Waals surface area contributed by atoms with Crippen LogP contribution in [-0.4, -0.2) is 25.1 Å². The number of carbonyl (C=O) groups is 2. The molecule has 0 saturated carbocycles. The van der Waals surface area contributed by atoms with Crippen LogP contribution < -0.4 is 10.1 Å². The molecule has 1 atom stereocenters. The van der Waals surface area contributed by atoms with Gasteiger partial charge < -0.3 is 14.8 Å². The molecule has 132 valence electrons. The average molecular weight is 382 g/mol. The molecule has 0 heterocycles. The summed E-state index contributed by atoms with van der Waals surface area (Å²) in [6, 6.07) is 11.8. The molecule has 0 aliphatic carbocycles. The Hall–Kier alpha value is -2.24. The first-order valence-electron chi connectivity index (χ1n) is 7.48. The summed E-state index contributed by atoms with van der Waals surface area (Å²) in [5.74, 6) is -0.589. The fourth-order valence-corrected chi connectivity index (χ4v) is 2.48. The number of halogens is 2. The van der Waals surface area contributed by atoms with Crippen molar-refractivity contribution in [3.63, 3.8) is 0 Å². The summed E-state index contributed by atoms with van der Waals surface area (Å²) in [5.41, 5.74) is 1.03. The van der Waals surface area contributed by atoms with Crippen LogP contribution >= 0.6 is 23.2 Å². The van der Waals surface area contributed by atoms with Crippen LogP contribution in [0.25, 0.3) is 0 Å². The Bertz CT molecular complexity index is 779. The van der Waals surface area contributed by atoms with Crippen molar-refractivity contribution in [2.45, 2.75) is 19.4 Å². The number of amides is 1. The Kier molecular flexibility index (Phi) is 6.67. The van der Waals surface area contributed by atoms with Gasteiger partial charge in [0.2, 0.25) is 0 Å². The second kappa shape index (κ2) is 8.74. The normalized spacial score (nSPS) is 11.5. The highest BCUT2D eigenvalue weighted by Crippen LogP contribution is 2.27. The van der Waals surface area contributed by atoms with Crippen molar-refractivity contribution in [2.24, 2.45) is 0 Å². The molecule has 25 heavy (non-hydrogen) atoms. The molecule has 1 amide bonds. The number of hydrogen-bond donors (Lipinski definition) is 1. The Morgan fingerprint density at radius 3 is 2.56 bits per heavy atom. The summed E-state index contributed by atoms with van der Waals surface area (Å²) in [6.07, 6.45) is -1.00. The molecule has 0 bridgehead atoms. The van der Waals surface area contributed by atoms with E-state index in [1.807, 2.05) is 0 Å². The van der Waals surface area contributed by atoms with Gasteiger partial charge in [-0.1, -0.05) is 41.4 Å². The van der Waals surface area contributed by atoms with E-state index < -0.39 is 18.0 Å². The van der Waals surface area contributed by atoms with Gasteiger partial charge in [-0.2, -0.15) is 0 Å². The van der Waals surface area contributed by atoms with Crippen LogP contribution in [0, 0.1) is 0 Å². The second-order valence-electron chi connectivity index (χ2n) is 5.23. The van der Waals surface area contributed by atoms with Crippen molar-refractivity contribution in [1.82, 2.24) is 0 Å². The minimum Gasteiger partial charge on any atom is -0.495 e. The SMILES string of the molecule is COc1ccc(Cl)cc1NC(=O)[C@H](C)OC(=O)Cc1ccccc1Cl. The highest BCUT2D eigenvalue weighted by molar-refractivity contribution is 6.31. The number of ether oxygens (including phenoxy) is 2. The van der Waals surface area contributed by atoms with Crippen molar-refractivity contribution in [1.29, 1.82) is 0 Å². The van der Waals surface area contributed by atoms with Crippen LogP contribution in [0.3, 0.4) is 0 Å². The largest absolute Gasteiger partial charge is 0.495 e. The molecule has 0 unspecified atom stereocenters. The van der Waals surface area contributed by atoms with Gasteiger partial charge in [0.25, 0.3) is 5.91 Å². The molecule has 0 fully saturated rings. The minimum atomic E-state index is -0.987. The van der Waals surface area contributed by atoms with E-state index in [1.165, 1.54) is 14.0 Å². The highest BCUT2D eigenvalue weighted by Gasteiger charge is 2.20. The Balaban J connectivity index is 1.97. The van der Waals surface area contributed by atoms with E-state index in [0.29, 0.717) is 27.0 Å². The van der Waals surface area contributed by atoms with Crippen LogP contribution in [0.1, 0.15) is 12.5 Å². The number of anilines is 1. The molecule has 2 rings (SSSR count). The third-order valence-electron chi connectivity index (χ3n) is 3.39. The molecule has 0 radical (unpaired) electrons. The van der Waals surface area contributed by atoms with Crippen LogP contribution in [0.5, 0.6) is 5.75 Å². The van der Waals surface area contributed by atoms with Crippen LogP contribution in [0.15, 0.2) is 42.5 Å². The zero-order chi connectivity index (χ0) is 18.4. The van der Waals surface area contributed by atoms with E-state index in [-0.39, 0.29) is 6.42 Å². The molecule has 5 nitrogen and oxygen atoms in total. The second-order valence-corrected chi connectivity index (χ2v) is 6.08. The van der Waals surface area contributed by atoms with Gasteiger partial charge in [-0.15, -0.1) is 0 Å². The first-order chi connectivity index (χ1) is 11.9. The number of carbonyl (C=O) groups excluding carboxylic acids is 2. The Morgan fingerprint density at radius 1 is 1.16 bits per heavy atom. The van der Waals surface area contributed by atoms with Crippen molar-refractivity contribution < 1.29 is 19.1 Å². The molecular formula is C18H17Cl2NO4. The smallest absolute Gasteiger partial charge is 0.311 e. The number of methoxy groups -OCH3 is 1. The predicted octanol–water partition coefficient (Wildman–Crippen LogP) is 4.11. The molecule has 2 aromatic rings. The van der Waals surface area contributed by atoms with E-state index in [2.05, 4.69) is 5.32 Å². The predicted molar refractivity (Wildman–Crippen MR) is 97.3 cm³/mol. The number of esters is 1. The Morgan fingerprint density at radius 2 is 1.88 bits per heavy atom. The maximum atomic E-state index is 12.2. The lowest BCUT2D eigenvalue weighted by atomic mass is 10.1. The maximum Gasteiger partial charge on any atom is 0.311 e. The van der Waals surface area contributed by atoms with Gasteiger partial charge in [0.15, 0.2) is 6.10 Å². The van der Waals surface area contributed by atoms with Gasteiger partial charge >= 0.3 is 5.97 Å². The quantitative estimate of drug-likeness (QED) is 0.764. The summed E-state index contributed by atoms with van der Waals surface area (Å²) >= 11 is 11.9. The third kappa shape index (κ3) is 5.37. The Labute approximate surface area is 155 Å². The lowest BCUT2D eigenvalue weighted by molar-refractivity contribution is -0.152. The average Bonchev–Trinajstić information content (AvgIpc) is 2.57. The van der Waals surface area contributed by atoms with Crippen molar-refractivity contribution >= 4 is 40.8 Å². The summed E-state index contributed by atoms with van der Waals surface area (Å²) in [7, 11) is 1.48. The first-order valence-corrected chi connectivity index (χ1v) is 8.23. The van der Waals surface area contributed by atoms with Crippen molar-refractivity contribution in [2.75, 3.05) is 12.4 Å². The zero-order valence-electron chi connectivity index (χ0n) is 13.7. The van der Waals surface area contributed by atoms with Crippen molar-refractivity contribution in [3.8, 4) is 5.75 Å². The first kappa shape index (κ1) is 19.1. The number of benzene rings is 2. The van der Waals surface area contributed by atoms with Gasteiger partial charge in [0.05, 0.1) is 19.2 Å². The molecule has 0 aromatic heterocycles. The highest BCUT2D eigenvalue weighted by atomic mass is 35.5. The molecule has 1 N–H and O–H groups in total. The molecule has 0 saturated heterocycles. The lowest BCUT2D eigenvalue weighted by Gasteiger charge is -2.15. The van der Waals surface area contributed by atoms with E-state index in [1.54, 1.807) is 42.5 Å². The standard InChI is InChI=1S/C18H17Cl2NO4/c1-11(25-17(22)9-12-5-3-4-6-14(12)20)18(23)21-15-10-13(19)7-8-16(15)24-2/h3-8,10-11H,9H2,1-2H3,(H,21,23)/t11-/m0/s1. The maximum absolute atomic E-state index is 12.2. The van der Waals surface area contributed by atoms with E-state index in [4.69, 9.17) is 32.7 Å². The number of nitrogens with one attached hydrogen (secondary N) is 1. The monoisotopic (exact) mass is 381 g/mol. The van der Waals surface area contributed by atoms with Gasteiger partial charge in [-0.05, 0) is 36.8 Å². The summed E-state index contributed by atoms with van der Waals surface area (Å²) < 4.78 is 10.3. The topological polar surface area (TPSA) is 64.6 Å². The van der Waals surface area contributed by atoms with Crippen molar-refractivity contribution in [3.05, 3.63) is 58.1 Å². The molecule has 7 heteroatoms. The van der Waals surface area contributed by atoms with Gasteiger partial charge in [-0.3, -0.25) is 9.59 Å². The van der Waals surface area contributed by atoms with Crippen LogP contribution in [0.2, 0.25) is 10.0 Å². The summed E-state index contributed by atoms with van der Waals surface area (Å²) in [6.45, 7) is 1.48.